The summed E-state index contributed by atoms with van der Waals surface area (Å²) in [6, 6.07) is 7.52. The number of ketones is 1. The van der Waals surface area contributed by atoms with Crippen LogP contribution in [0.15, 0.2) is 29.6 Å². The van der Waals surface area contributed by atoms with Crippen LogP contribution in [0.1, 0.15) is 119 Å². The highest BCUT2D eigenvalue weighted by molar-refractivity contribution is 7.09. The molecule has 49 heavy (non-hydrogen) atoms. The van der Waals surface area contributed by atoms with Crippen molar-refractivity contribution in [3.63, 3.8) is 0 Å². The third kappa shape index (κ3) is 11.5. The van der Waals surface area contributed by atoms with Gasteiger partial charge in [-0.25, -0.2) is 4.98 Å². The van der Waals surface area contributed by atoms with Crippen molar-refractivity contribution >= 4 is 34.9 Å². The number of amides is 2. The van der Waals surface area contributed by atoms with Crippen molar-refractivity contribution in [3.05, 3.63) is 51.5 Å². The number of nitrogens with zero attached hydrogens (tertiary/aromatic N) is 3. The average molecular weight is 697 g/mol. The molecule has 1 aliphatic heterocycles. The van der Waals surface area contributed by atoms with E-state index in [1.54, 1.807) is 12.3 Å². The van der Waals surface area contributed by atoms with Crippen molar-refractivity contribution in [2.24, 2.45) is 23.7 Å². The Bertz CT molecular complexity index is 1390. The van der Waals surface area contributed by atoms with E-state index >= 15 is 0 Å². The van der Waals surface area contributed by atoms with E-state index in [1.165, 1.54) is 11.3 Å². The molecule has 0 aliphatic carbocycles. The van der Waals surface area contributed by atoms with E-state index in [9.17, 15) is 24.3 Å². The highest BCUT2D eigenvalue weighted by Crippen LogP contribution is 2.32. The molecule has 1 aliphatic rings. The number of nitrogens with one attached hydrogen (secondary N) is 1. The minimum Gasteiger partial charge on any atom is -0.481 e. The zero-order valence-corrected chi connectivity index (χ0v) is 32.0. The summed E-state index contributed by atoms with van der Waals surface area (Å²) < 4.78 is 0. The number of aryl methyl sites for hydroxylation is 1. The fraction of sp³-hybridized carbons (Fsp3) is 0.667. The van der Waals surface area contributed by atoms with Gasteiger partial charge >= 0.3 is 5.97 Å². The highest BCUT2D eigenvalue weighted by atomic mass is 32.1. The number of benzene rings is 1. The fourth-order valence-corrected chi connectivity index (χ4v) is 7.85. The van der Waals surface area contributed by atoms with E-state index in [0.29, 0.717) is 25.0 Å². The van der Waals surface area contributed by atoms with Crippen molar-refractivity contribution in [1.82, 2.24) is 20.1 Å². The summed E-state index contributed by atoms with van der Waals surface area (Å²) in [5.41, 5.74) is 2.48. The normalized spacial score (nSPS) is 19.0. The van der Waals surface area contributed by atoms with E-state index in [0.717, 1.165) is 48.4 Å². The number of piperidine rings is 1. The summed E-state index contributed by atoms with van der Waals surface area (Å²) in [7, 11) is 3.89. The number of carboxylic acids is 1. The van der Waals surface area contributed by atoms with Gasteiger partial charge in [-0.1, -0.05) is 84.2 Å². The van der Waals surface area contributed by atoms with Gasteiger partial charge in [0.1, 0.15) is 5.69 Å². The fourth-order valence-electron chi connectivity index (χ4n) is 6.98. The number of carbonyl (C=O) groups is 4. The van der Waals surface area contributed by atoms with E-state index < -0.39 is 11.9 Å². The van der Waals surface area contributed by atoms with Gasteiger partial charge in [-0.15, -0.1) is 11.3 Å². The predicted molar refractivity (Wildman–Crippen MR) is 197 cm³/mol. The van der Waals surface area contributed by atoms with Crippen LogP contribution in [0.25, 0.3) is 0 Å². The molecule has 10 heteroatoms. The maximum Gasteiger partial charge on any atom is 0.306 e. The molecule has 9 nitrogen and oxygen atoms in total. The predicted octanol–water partition coefficient (Wildman–Crippen LogP) is 6.99. The third-order valence-electron chi connectivity index (χ3n) is 10.6. The summed E-state index contributed by atoms with van der Waals surface area (Å²) >= 11 is 1.44. The molecule has 0 radical (unpaired) electrons. The monoisotopic (exact) mass is 696 g/mol. The molecule has 0 saturated carbocycles. The first kappa shape index (κ1) is 40.3. The number of carboxylic acid groups (broad SMARTS) is 1. The molecule has 7 atom stereocenters. The second-order valence-electron chi connectivity index (χ2n) is 15.0. The summed E-state index contributed by atoms with van der Waals surface area (Å²) in [5, 5.41) is 15.2. The van der Waals surface area contributed by atoms with Gasteiger partial charge in [-0.3, -0.25) is 24.1 Å². The Labute approximate surface area is 298 Å². The molecular formula is C39H60N4O5S. The van der Waals surface area contributed by atoms with Gasteiger partial charge in [0.05, 0.1) is 17.0 Å². The summed E-state index contributed by atoms with van der Waals surface area (Å²) in [6.45, 7) is 15.0. The van der Waals surface area contributed by atoms with Crippen LogP contribution in [0.4, 0.5) is 0 Å². The Kier molecular flexibility index (Phi) is 15.4. The summed E-state index contributed by atoms with van der Waals surface area (Å²) in [5.74, 6) is -1.74. The Morgan fingerprint density at radius 2 is 1.73 bits per heavy atom. The Hall–Kier alpha value is -3.11. The maximum absolute atomic E-state index is 14.1. The molecule has 2 aromatic rings. The molecule has 2 heterocycles. The average Bonchev–Trinajstić information content (AvgIpc) is 3.57. The number of aliphatic carboxylic acids is 1. The van der Waals surface area contributed by atoms with Crippen molar-refractivity contribution in [2.45, 2.75) is 124 Å². The van der Waals surface area contributed by atoms with E-state index in [1.807, 2.05) is 64.0 Å². The summed E-state index contributed by atoms with van der Waals surface area (Å²) in [4.78, 5) is 61.3. The number of rotatable bonds is 18. The van der Waals surface area contributed by atoms with Crippen LogP contribution in [-0.2, 0) is 20.8 Å². The van der Waals surface area contributed by atoms with Gasteiger partial charge in [-0.2, -0.15) is 0 Å². The van der Waals surface area contributed by atoms with Gasteiger partial charge in [-0.05, 0) is 70.0 Å². The molecule has 2 amide bonds. The SMILES string of the molecule is CCC(C)[C@@H](C[C@@H](C)c1nc(C(=O)N[C@@H](Cc2ccc(C)cc2)C[C@H](C)C(=O)O)cs1)N(C)C(=O)[C@@H](CC(=O)[C@H]1CCCCN1C)C(C)C. The molecule has 1 saturated heterocycles. The van der Waals surface area contributed by atoms with Crippen LogP contribution in [0, 0.1) is 30.6 Å². The second-order valence-corrected chi connectivity index (χ2v) is 15.8. The molecule has 0 bridgehead atoms. The molecule has 2 N–H and O–H groups in total. The number of hydrogen-bond acceptors (Lipinski definition) is 7. The Morgan fingerprint density at radius 3 is 2.33 bits per heavy atom. The quantitative estimate of drug-likeness (QED) is 0.173. The maximum atomic E-state index is 14.1. The number of thiazole rings is 1. The molecule has 1 fully saturated rings. The zero-order chi connectivity index (χ0) is 36.4. The molecule has 0 spiro atoms. The number of hydrogen-bond donors (Lipinski definition) is 2. The molecular weight excluding hydrogens is 637 g/mol. The lowest BCUT2D eigenvalue weighted by molar-refractivity contribution is -0.142. The lowest BCUT2D eigenvalue weighted by Crippen LogP contribution is -2.48. The van der Waals surface area contributed by atoms with Gasteiger partial charge in [0.15, 0.2) is 5.78 Å². The Morgan fingerprint density at radius 1 is 1.06 bits per heavy atom. The molecule has 3 rings (SSSR count). The lowest BCUT2D eigenvalue weighted by Gasteiger charge is -2.38. The van der Waals surface area contributed by atoms with Crippen molar-refractivity contribution in [3.8, 4) is 0 Å². The standard InChI is InChI=1S/C39H60N4O5S/c1-10-26(5)34(43(9)38(46)31(24(2)3)22-35(44)33-13-11-12-18-42(33)8)20-27(6)37-41-32(23-49-37)36(45)40-30(19-28(7)39(47)48)21-29-16-14-25(4)15-17-29/h14-17,23-24,26-28,30-31,33-34H,10-13,18-22H2,1-9H3,(H,40,45)(H,47,48)/t26?,27-,28+,30-,31+,33-,34-/m1/s1. The van der Waals surface area contributed by atoms with Crippen molar-refractivity contribution in [1.29, 1.82) is 0 Å². The smallest absolute Gasteiger partial charge is 0.306 e. The van der Waals surface area contributed by atoms with E-state index in [-0.39, 0.29) is 65.8 Å². The zero-order valence-electron chi connectivity index (χ0n) is 31.2. The van der Waals surface area contributed by atoms with Gasteiger partial charge < -0.3 is 15.3 Å². The highest BCUT2D eigenvalue weighted by Gasteiger charge is 2.36. The van der Waals surface area contributed by atoms with Gasteiger partial charge in [0.2, 0.25) is 5.91 Å². The van der Waals surface area contributed by atoms with Crippen LogP contribution < -0.4 is 5.32 Å². The minimum absolute atomic E-state index is 0.00814. The van der Waals surface area contributed by atoms with Crippen LogP contribution in [0.3, 0.4) is 0 Å². The van der Waals surface area contributed by atoms with Crippen LogP contribution >= 0.6 is 11.3 Å². The van der Waals surface area contributed by atoms with Gasteiger partial charge in [0, 0.05) is 42.8 Å². The topological polar surface area (TPSA) is 120 Å². The van der Waals surface area contributed by atoms with E-state index in [2.05, 4.69) is 31.0 Å². The number of likely N-dealkylation sites (tertiary alicyclic amines) is 1. The molecule has 1 aromatic heterocycles. The van der Waals surface area contributed by atoms with Crippen LogP contribution in [0.2, 0.25) is 0 Å². The number of Topliss-reactive ketones (excluding diaryl/α,β-unsaturated/α-hetero) is 1. The first-order valence-electron chi connectivity index (χ1n) is 18.2. The van der Waals surface area contributed by atoms with Crippen LogP contribution in [0.5, 0.6) is 0 Å². The third-order valence-corrected chi connectivity index (χ3v) is 11.7. The van der Waals surface area contributed by atoms with E-state index in [4.69, 9.17) is 4.98 Å². The molecule has 1 aromatic carbocycles. The first-order chi connectivity index (χ1) is 23.1. The Balaban J connectivity index is 1.72. The van der Waals surface area contributed by atoms with Gasteiger partial charge in [0.25, 0.3) is 5.91 Å². The lowest BCUT2D eigenvalue weighted by atomic mass is 9.84. The number of aromatic nitrogens is 1. The number of likely N-dealkylation sites (N-methyl/N-ethyl adjacent to an activating group) is 1. The minimum atomic E-state index is -0.893. The largest absolute Gasteiger partial charge is 0.481 e. The number of carbonyl (C=O) groups excluding carboxylic acids is 3. The molecule has 1 unspecified atom stereocenters. The summed E-state index contributed by atoms with van der Waals surface area (Å²) in [6.07, 6.45) is 5.69. The molecule has 272 valence electrons. The second kappa shape index (κ2) is 18.8. The van der Waals surface area contributed by atoms with Crippen LogP contribution in [-0.4, -0.2) is 82.2 Å². The van der Waals surface area contributed by atoms with Crippen molar-refractivity contribution < 1.29 is 24.3 Å². The van der Waals surface area contributed by atoms with Crippen molar-refractivity contribution in [2.75, 3.05) is 20.6 Å². The first-order valence-corrected chi connectivity index (χ1v) is 19.0.